The summed E-state index contributed by atoms with van der Waals surface area (Å²) in [5.41, 5.74) is -1.21. The Morgan fingerprint density at radius 3 is 2.83 bits per heavy atom. The minimum Gasteiger partial charge on any atom is -0.386 e. The zero-order chi connectivity index (χ0) is 17.5. The van der Waals surface area contributed by atoms with Gasteiger partial charge in [-0.1, -0.05) is 19.8 Å². The van der Waals surface area contributed by atoms with Gasteiger partial charge in [0.25, 0.3) is 5.91 Å². The number of carbonyl (C=O) groups excluding carboxylic acids is 2. The smallest absolute Gasteiger partial charge is 0.325 e. The zero-order valence-electron chi connectivity index (χ0n) is 13.4. The molecule has 1 aromatic rings. The maximum Gasteiger partial charge on any atom is 0.325 e. The number of rotatable bonds is 3. The topological polar surface area (TPSA) is 69.6 Å². The molecule has 1 saturated heterocycles. The van der Waals surface area contributed by atoms with Crippen LogP contribution in [0, 0.1) is 17.6 Å². The van der Waals surface area contributed by atoms with Crippen LogP contribution in [0.25, 0.3) is 0 Å². The van der Waals surface area contributed by atoms with Crippen molar-refractivity contribution in [2.45, 2.75) is 44.2 Å². The molecule has 3 atom stereocenters. The number of aliphatic hydroxyl groups is 1. The normalized spacial score (nSPS) is 28.3. The van der Waals surface area contributed by atoms with Gasteiger partial charge in [-0.15, -0.1) is 0 Å². The molecule has 1 spiro atoms. The largest absolute Gasteiger partial charge is 0.386 e. The first-order valence-corrected chi connectivity index (χ1v) is 8.12. The first kappa shape index (κ1) is 16.8. The summed E-state index contributed by atoms with van der Waals surface area (Å²) >= 11 is 0. The summed E-state index contributed by atoms with van der Waals surface area (Å²) in [5, 5.41) is 13.0. The van der Waals surface area contributed by atoms with E-state index in [-0.39, 0.29) is 11.5 Å². The average Bonchev–Trinajstić information content (AvgIpc) is 2.78. The fourth-order valence-corrected chi connectivity index (χ4v) is 3.70. The van der Waals surface area contributed by atoms with E-state index in [1.807, 2.05) is 6.92 Å². The van der Waals surface area contributed by atoms with Crippen LogP contribution in [0.3, 0.4) is 0 Å². The molecule has 130 valence electrons. The van der Waals surface area contributed by atoms with Crippen LogP contribution in [0.5, 0.6) is 0 Å². The molecular weight excluding hydrogens is 318 g/mol. The number of hydrogen-bond donors (Lipinski definition) is 2. The second kappa shape index (κ2) is 6.12. The van der Waals surface area contributed by atoms with Crippen molar-refractivity contribution in [1.29, 1.82) is 0 Å². The number of imide groups is 1. The molecule has 1 heterocycles. The van der Waals surface area contributed by atoms with Crippen LogP contribution in [0.2, 0.25) is 0 Å². The van der Waals surface area contributed by atoms with Crippen molar-refractivity contribution in [2.75, 3.05) is 6.54 Å². The summed E-state index contributed by atoms with van der Waals surface area (Å²) in [6.45, 7) is 1.52. The highest BCUT2D eigenvalue weighted by atomic mass is 19.1. The number of carbonyl (C=O) groups is 2. The second-order valence-electron chi connectivity index (χ2n) is 6.65. The highest BCUT2D eigenvalue weighted by molar-refractivity contribution is 6.07. The predicted molar refractivity (Wildman–Crippen MR) is 81.9 cm³/mol. The lowest BCUT2D eigenvalue weighted by Gasteiger charge is -2.37. The Labute approximate surface area is 138 Å². The summed E-state index contributed by atoms with van der Waals surface area (Å²) < 4.78 is 27.0. The van der Waals surface area contributed by atoms with Gasteiger partial charge in [-0.25, -0.2) is 13.6 Å². The predicted octanol–water partition coefficient (Wildman–Crippen LogP) is 2.50. The molecular formula is C17H20F2N2O3. The first-order valence-electron chi connectivity index (χ1n) is 8.12. The number of aliphatic hydroxyl groups excluding tert-OH is 1. The van der Waals surface area contributed by atoms with E-state index in [2.05, 4.69) is 5.32 Å². The molecule has 3 rings (SSSR count). The Balaban J connectivity index is 1.81. The lowest BCUT2D eigenvalue weighted by atomic mass is 9.73. The molecule has 1 aliphatic heterocycles. The van der Waals surface area contributed by atoms with Gasteiger partial charge in [0, 0.05) is 5.56 Å². The molecule has 0 radical (unpaired) electrons. The van der Waals surface area contributed by atoms with E-state index in [0.29, 0.717) is 6.42 Å². The lowest BCUT2D eigenvalue weighted by Crippen LogP contribution is -2.54. The molecule has 0 unspecified atom stereocenters. The summed E-state index contributed by atoms with van der Waals surface area (Å²) in [6, 6.07) is 2.13. The van der Waals surface area contributed by atoms with Crippen molar-refractivity contribution in [1.82, 2.24) is 10.2 Å². The van der Waals surface area contributed by atoms with Crippen LogP contribution in [0.15, 0.2) is 18.2 Å². The fraction of sp³-hybridized carbons (Fsp3) is 0.529. The molecule has 2 N–H and O–H groups in total. The molecule has 0 aromatic heterocycles. The van der Waals surface area contributed by atoms with Gasteiger partial charge >= 0.3 is 6.03 Å². The Morgan fingerprint density at radius 2 is 2.12 bits per heavy atom. The number of amides is 3. The Morgan fingerprint density at radius 1 is 1.38 bits per heavy atom. The monoisotopic (exact) mass is 338 g/mol. The molecule has 1 aliphatic carbocycles. The molecule has 5 nitrogen and oxygen atoms in total. The molecule has 3 amide bonds. The SMILES string of the molecule is C[C@@H]1CCCC[C@]12NC(=O)N(C[C@H](O)c1cc(F)ccc1F)C2=O. The molecule has 0 bridgehead atoms. The van der Waals surface area contributed by atoms with Gasteiger partial charge in [0.05, 0.1) is 6.54 Å². The molecule has 7 heteroatoms. The van der Waals surface area contributed by atoms with E-state index >= 15 is 0 Å². The number of halogens is 2. The van der Waals surface area contributed by atoms with Crippen LogP contribution >= 0.6 is 0 Å². The summed E-state index contributed by atoms with van der Waals surface area (Å²) in [4.78, 5) is 25.9. The van der Waals surface area contributed by atoms with Gasteiger partial charge in [0.2, 0.25) is 0 Å². The van der Waals surface area contributed by atoms with Gasteiger partial charge in [-0.2, -0.15) is 0 Å². The van der Waals surface area contributed by atoms with E-state index in [0.717, 1.165) is 42.4 Å². The molecule has 24 heavy (non-hydrogen) atoms. The van der Waals surface area contributed by atoms with Gasteiger partial charge in [-0.05, 0) is 37.0 Å². The van der Waals surface area contributed by atoms with Crippen LogP contribution < -0.4 is 5.32 Å². The number of β-amino-alcohol motifs (C(OH)–C–C–N with tert-alkyl or cyclic N) is 1. The molecule has 1 aromatic carbocycles. The maximum absolute atomic E-state index is 13.8. The second-order valence-corrected chi connectivity index (χ2v) is 6.65. The third-order valence-corrected chi connectivity index (χ3v) is 5.17. The van der Waals surface area contributed by atoms with Crippen LogP contribution in [0.1, 0.15) is 44.3 Å². The van der Waals surface area contributed by atoms with Crippen molar-refractivity contribution in [3.8, 4) is 0 Å². The van der Waals surface area contributed by atoms with E-state index in [1.54, 1.807) is 0 Å². The number of hydrogen-bond acceptors (Lipinski definition) is 3. The minimum absolute atomic E-state index is 0.00394. The summed E-state index contributed by atoms with van der Waals surface area (Å²) in [7, 11) is 0. The highest BCUT2D eigenvalue weighted by Gasteiger charge is 2.55. The quantitative estimate of drug-likeness (QED) is 0.832. The Kier molecular flexibility index (Phi) is 4.29. The van der Waals surface area contributed by atoms with Crippen LogP contribution in [-0.4, -0.2) is 34.0 Å². The Bertz CT molecular complexity index is 682. The highest BCUT2D eigenvalue weighted by Crippen LogP contribution is 2.38. The van der Waals surface area contributed by atoms with E-state index < -0.39 is 41.8 Å². The number of urea groups is 1. The fourth-order valence-electron chi connectivity index (χ4n) is 3.70. The standard InChI is InChI=1S/C17H20F2N2O3/c1-10-4-2-3-7-17(10)15(23)21(16(24)20-17)9-14(22)12-8-11(18)5-6-13(12)19/h5-6,8,10,14,22H,2-4,7,9H2,1H3,(H,20,24)/t10-,14+,17+/m1/s1. The van der Waals surface area contributed by atoms with Crippen molar-refractivity contribution in [2.24, 2.45) is 5.92 Å². The zero-order valence-corrected chi connectivity index (χ0v) is 13.4. The van der Waals surface area contributed by atoms with Crippen molar-refractivity contribution < 1.29 is 23.5 Å². The first-order chi connectivity index (χ1) is 11.3. The van der Waals surface area contributed by atoms with Crippen molar-refractivity contribution >= 4 is 11.9 Å². The third kappa shape index (κ3) is 2.66. The maximum atomic E-state index is 13.8. The third-order valence-electron chi connectivity index (χ3n) is 5.17. The average molecular weight is 338 g/mol. The lowest BCUT2D eigenvalue weighted by molar-refractivity contribution is -0.135. The van der Waals surface area contributed by atoms with Crippen LogP contribution in [-0.2, 0) is 4.79 Å². The summed E-state index contributed by atoms with van der Waals surface area (Å²) in [6.07, 6.45) is 1.75. The number of benzene rings is 1. The van der Waals surface area contributed by atoms with Gasteiger partial charge < -0.3 is 10.4 Å². The Hall–Kier alpha value is -2.02. The molecule has 2 fully saturated rings. The number of nitrogens with one attached hydrogen (secondary N) is 1. The van der Waals surface area contributed by atoms with Gasteiger partial charge in [0.15, 0.2) is 0 Å². The van der Waals surface area contributed by atoms with E-state index in [9.17, 15) is 23.5 Å². The van der Waals surface area contributed by atoms with Gasteiger partial charge in [0.1, 0.15) is 23.3 Å². The van der Waals surface area contributed by atoms with Gasteiger partial charge in [-0.3, -0.25) is 9.69 Å². The number of nitrogens with zero attached hydrogens (tertiary/aromatic N) is 1. The van der Waals surface area contributed by atoms with Crippen LogP contribution in [0.4, 0.5) is 13.6 Å². The van der Waals surface area contributed by atoms with E-state index in [4.69, 9.17) is 0 Å². The molecule has 1 saturated carbocycles. The summed E-state index contributed by atoms with van der Waals surface area (Å²) in [5.74, 6) is -1.87. The minimum atomic E-state index is -1.48. The molecule has 2 aliphatic rings. The van der Waals surface area contributed by atoms with E-state index in [1.165, 1.54) is 0 Å². The van der Waals surface area contributed by atoms with Crippen molar-refractivity contribution in [3.63, 3.8) is 0 Å². The van der Waals surface area contributed by atoms with Crippen molar-refractivity contribution in [3.05, 3.63) is 35.4 Å².